The van der Waals surface area contributed by atoms with E-state index in [0.717, 1.165) is 12.8 Å². The predicted octanol–water partition coefficient (Wildman–Crippen LogP) is -0.0186. The predicted molar refractivity (Wildman–Crippen MR) is 73.6 cm³/mol. The van der Waals surface area contributed by atoms with Crippen LogP contribution < -0.4 is 11.3 Å². The third-order valence-electron chi connectivity index (χ3n) is 3.61. The van der Waals surface area contributed by atoms with Gasteiger partial charge in [0.25, 0.3) is 5.56 Å². The summed E-state index contributed by atoms with van der Waals surface area (Å²) in [6, 6.07) is 0. The smallest absolute Gasteiger partial charge is 0.280 e. The Bertz CT molecular complexity index is 714. The molecule has 8 heteroatoms. The van der Waals surface area contributed by atoms with Crippen molar-refractivity contribution < 1.29 is 0 Å². The highest BCUT2D eigenvalue weighted by molar-refractivity contribution is 7.80. The van der Waals surface area contributed by atoms with E-state index in [9.17, 15) is 4.79 Å². The van der Waals surface area contributed by atoms with E-state index < -0.39 is 0 Å². The summed E-state index contributed by atoms with van der Waals surface area (Å²) in [4.78, 5) is 12.8. The molecule has 0 amide bonds. The molecule has 2 aromatic heterocycles. The Kier molecular flexibility index (Phi) is 2.63. The summed E-state index contributed by atoms with van der Waals surface area (Å²) in [5.41, 5.74) is 5.94. The third kappa shape index (κ3) is 2.12. The molecule has 100 valence electrons. The van der Waals surface area contributed by atoms with Gasteiger partial charge in [-0.3, -0.25) is 4.79 Å². The molecule has 1 aliphatic rings. The molecule has 19 heavy (non-hydrogen) atoms. The number of rotatable bonds is 4. The van der Waals surface area contributed by atoms with Gasteiger partial charge in [0.2, 0.25) is 0 Å². The van der Waals surface area contributed by atoms with E-state index in [1.807, 2.05) is 0 Å². The van der Waals surface area contributed by atoms with Gasteiger partial charge < -0.3 is 5.73 Å². The number of fused-ring (bicyclic) bond motifs is 1. The number of nitrogens with two attached hydrogens (primary N) is 1. The molecule has 2 aromatic rings. The maximum Gasteiger partial charge on any atom is 0.280 e. The van der Waals surface area contributed by atoms with Crippen molar-refractivity contribution in [3.63, 3.8) is 0 Å². The van der Waals surface area contributed by atoms with Gasteiger partial charge >= 0.3 is 0 Å². The zero-order chi connectivity index (χ0) is 13.6. The maximum absolute atomic E-state index is 12.3. The van der Waals surface area contributed by atoms with E-state index in [4.69, 9.17) is 18.0 Å². The summed E-state index contributed by atoms with van der Waals surface area (Å²) in [6.07, 6.45) is 4.21. The molecule has 7 nitrogen and oxygen atoms in total. The van der Waals surface area contributed by atoms with Crippen LogP contribution in [0.1, 0.15) is 19.3 Å². The third-order valence-corrected chi connectivity index (χ3v) is 3.76. The lowest BCUT2D eigenvalue weighted by Crippen LogP contribution is -2.30. The van der Waals surface area contributed by atoms with Crippen molar-refractivity contribution in [1.29, 1.82) is 0 Å². The first kappa shape index (κ1) is 12.2. The first-order chi connectivity index (χ1) is 9.01. The number of hydrogen-bond acceptors (Lipinski definition) is 5. The number of hydrogen-bond donors (Lipinski definition) is 1. The van der Waals surface area contributed by atoms with E-state index in [1.54, 1.807) is 7.05 Å². The summed E-state index contributed by atoms with van der Waals surface area (Å²) in [6.45, 7) is 0.515. The fourth-order valence-electron chi connectivity index (χ4n) is 2.33. The van der Waals surface area contributed by atoms with Gasteiger partial charge in [0.15, 0.2) is 5.65 Å². The molecular weight excluding hydrogens is 264 g/mol. The van der Waals surface area contributed by atoms with Gasteiger partial charge in [-0.25, -0.2) is 9.36 Å². The topological polar surface area (TPSA) is 91.6 Å². The monoisotopic (exact) mass is 278 g/mol. The van der Waals surface area contributed by atoms with Gasteiger partial charge in [0.1, 0.15) is 5.39 Å². The lowest BCUT2D eigenvalue weighted by atomic mass is 10.0. The molecule has 0 aliphatic heterocycles. The fraction of sp³-hybridized carbons (Fsp3) is 0.545. The minimum Gasteiger partial charge on any atom is -0.393 e. The molecule has 0 unspecified atom stereocenters. The second-order valence-corrected chi connectivity index (χ2v) is 5.73. The Morgan fingerprint density at radius 1 is 1.58 bits per heavy atom. The van der Waals surface area contributed by atoms with Crippen LogP contribution in [0.15, 0.2) is 11.0 Å². The molecule has 0 radical (unpaired) electrons. The molecule has 0 saturated heterocycles. The van der Waals surface area contributed by atoms with Gasteiger partial charge in [0, 0.05) is 13.5 Å². The number of thiocarbonyl (C=S) groups is 1. The lowest BCUT2D eigenvalue weighted by Gasteiger charge is -2.14. The fourth-order valence-corrected chi connectivity index (χ4v) is 2.64. The first-order valence-corrected chi connectivity index (χ1v) is 6.45. The molecule has 1 aliphatic carbocycles. The molecule has 0 aromatic carbocycles. The summed E-state index contributed by atoms with van der Waals surface area (Å²) >= 11 is 4.95. The Morgan fingerprint density at radius 2 is 2.32 bits per heavy atom. The molecule has 2 heterocycles. The van der Waals surface area contributed by atoms with Crippen molar-refractivity contribution in [3.8, 4) is 0 Å². The van der Waals surface area contributed by atoms with Crippen molar-refractivity contribution in [2.75, 3.05) is 0 Å². The molecule has 0 bridgehead atoms. The lowest BCUT2D eigenvalue weighted by molar-refractivity contribution is 0.387. The number of aryl methyl sites for hydroxylation is 1. The average Bonchev–Trinajstić information content (AvgIpc) is 2.97. The normalized spacial score (nSPS) is 16.7. The molecule has 0 atom stereocenters. The Labute approximate surface area is 114 Å². The van der Waals surface area contributed by atoms with Crippen LogP contribution in [0.4, 0.5) is 0 Å². The summed E-state index contributed by atoms with van der Waals surface area (Å²) in [7, 11) is 1.73. The highest BCUT2D eigenvalue weighted by Gasteiger charge is 2.44. The first-order valence-electron chi connectivity index (χ1n) is 6.05. The number of nitrogens with zero attached hydrogens (tertiary/aromatic N) is 5. The van der Waals surface area contributed by atoms with Crippen LogP contribution in [0.25, 0.3) is 11.0 Å². The highest BCUT2D eigenvalue weighted by Crippen LogP contribution is 2.49. The van der Waals surface area contributed by atoms with Crippen LogP contribution in [-0.4, -0.2) is 29.8 Å². The minimum absolute atomic E-state index is 0.000224. The Morgan fingerprint density at radius 3 is 2.95 bits per heavy atom. The van der Waals surface area contributed by atoms with Crippen molar-refractivity contribution in [2.45, 2.75) is 25.8 Å². The van der Waals surface area contributed by atoms with E-state index in [2.05, 4.69) is 15.4 Å². The van der Waals surface area contributed by atoms with Crippen molar-refractivity contribution in [3.05, 3.63) is 16.6 Å². The largest absolute Gasteiger partial charge is 0.393 e. The van der Waals surface area contributed by atoms with Gasteiger partial charge in [-0.15, -0.1) is 5.10 Å². The summed E-state index contributed by atoms with van der Waals surface area (Å²) < 4.78 is 2.94. The van der Waals surface area contributed by atoms with E-state index >= 15 is 0 Å². The van der Waals surface area contributed by atoms with Crippen molar-refractivity contribution >= 4 is 28.2 Å². The summed E-state index contributed by atoms with van der Waals surface area (Å²) in [5, 5.41) is 12.5. The van der Waals surface area contributed by atoms with Crippen molar-refractivity contribution in [2.24, 2.45) is 18.2 Å². The standard InChI is InChI=1S/C11H14N6OS/c1-16-9-7(5-13-16)10(18)17(15-14-9)6-11(2-3-11)4-8(12)19/h5H,2-4,6H2,1H3,(H2,12,19). The summed E-state index contributed by atoms with van der Waals surface area (Å²) in [5.74, 6) is 0. The average molecular weight is 278 g/mol. The molecule has 1 saturated carbocycles. The quantitative estimate of drug-likeness (QED) is 0.790. The molecule has 0 spiro atoms. The van der Waals surface area contributed by atoms with Crippen molar-refractivity contribution in [1.82, 2.24) is 24.8 Å². The SMILES string of the molecule is Cn1ncc2c(=O)n(CC3(CC(N)=S)CC3)nnc21. The zero-order valence-corrected chi connectivity index (χ0v) is 11.4. The van der Waals surface area contributed by atoms with Crippen LogP contribution >= 0.6 is 12.2 Å². The van der Waals surface area contributed by atoms with Gasteiger partial charge in [-0.1, -0.05) is 17.4 Å². The van der Waals surface area contributed by atoms with Crippen LogP contribution in [0.3, 0.4) is 0 Å². The zero-order valence-electron chi connectivity index (χ0n) is 10.5. The molecule has 1 fully saturated rings. The van der Waals surface area contributed by atoms with Crippen LogP contribution in [0.5, 0.6) is 0 Å². The molecule has 3 rings (SSSR count). The molecular formula is C11H14N6OS. The van der Waals surface area contributed by atoms with E-state index in [0.29, 0.717) is 29.0 Å². The van der Waals surface area contributed by atoms with Crippen LogP contribution in [0, 0.1) is 5.41 Å². The van der Waals surface area contributed by atoms with Crippen LogP contribution in [-0.2, 0) is 13.6 Å². The second kappa shape index (κ2) is 4.09. The van der Waals surface area contributed by atoms with E-state index in [-0.39, 0.29) is 11.0 Å². The van der Waals surface area contributed by atoms with E-state index in [1.165, 1.54) is 15.6 Å². The molecule has 2 N–H and O–H groups in total. The Balaban J connectivity index is 1.96. The van der Waals surface area contributed by atoms with Crippen LogP contribution in [0.2, 0.25) is 0 Å². The maximum atomic E-state index is 12.3. The van der Waals surface area contributed by atoms with Gasteiger partial charge in [0.05, 0.1) is 17.7 Å². The van der Waals surface area contributed by atoms with Gasteiger partial charge in [-0.2, -0.15) is 5.10 Å². The second-order valence-electron chi connectivity index (χ2n) is 5.20. The highest BCUT2D eigenvalue weighted by atomic mass is 32.1. The number of aromatic nitrogens is 5. The van der Waals surface area contributed by atoms with Gasteiger partial charge in [-0.05, 0) is 18.3 Å². The minimum atomic E-state index is -0.160. The Hall–Kier alpha value is -1.83.